The van der Waals surface area contributed by atoms with Crippen molar-refractivity contribution in [1.82, 2.24) is 4.90 Å². The van der Waals surface area contributed by atoms with Crippen LogP contribution in [0.1, 0.15) is 39.5 Å². The van der Waals surface area contributed by atoms with Crippen molar-refractivity contribution in [1.29, 1.82) is 0 Å². The van der Waals surface area contributed by atoms with Crippen molar-refractivity contribution >= 4 is 15.7 Å². The van der Waals surface area contributed by atoms with Gasteiger partial charge >= 0.3 is 0 Å². The summed E-state index contributed by atoms with van der Waals surface area (Å²) in [7, 11) is -2.95. The first-order chi connectivity index (χ1) is 8.90. The summed E-state index contributed by atoms with van der Waals surface area (Å²) in [4.78, 5) is 14.4. The van der Waals surface area contributed by atoms with Gasteiger partial charge < -0.3 is 10.6 Å². The van der Waals surface area contributed by atoms with Crippen LogP contribution < -0.4 is 5.73 Å². The molecule has 0 aromatic rings. The smallest absolute Gasteiger partial charge is 0.230 e. The number of nitrogens with zero attached hydrogens (tertiary/aromatic N) is 1. The summed E-state index contributed by atoms with van der Waals surface area (Å²) in [6, 6.07) is 0. The number of nitrogens with two attached hydrogens (primary N) is 1. The van der Waals surface area contributed by atoms with Gasteiger partial charge in [0.15, 0.2) is 9.84 Å². The molecule has 0 aromatic carbocycles. The minimum Gasteiger partial charge on any atom is -0.340 e. The second-order valence-corrected chi connectivity index (χ2v) is 7.73. The van der Waals surface area contributed by atoms with Gasteiger partial charge in [-0.3, -0.25) is 4.79 Å². The topological polar surface area (TPSA) is 80.5 Å². The second kappa shape index (κ2) is 6.70. The standard InChI is InChI=1S/C13H26N2O3S/c1-3-5-13(11-14,6-4-2)12(16)15-7-9-19(17,18)10-8-15/h3-11,14H2,1-2H3. The summed E-state index contributed by atoms with van der Waals surface area (Å²) < 4.78 is 22.9. The molecule has 0 aliphatic carbocycles. The number of carbonyl (C=O) groups excluding carboxylic acids is 1. The Hall–Kier alpha value is -0.620. The molecule has 0 spiro atoms. The zero-order chi connectivity index (χ0) is 14.5. The lowest BCUT2D eigenvalue weighted by Gasteiger charge is -2.38. The van der Waals surface area contributed by atoms with E-state index in [1.165, 1.54) is 0 Å². The summed E-state index contributed by atoms with van der Waals surface area (Å²) >= 11 is 0. The van der Waals surface area contributed by atoms with E-state index in [-0.39, 0.29) is 17.4 Å². The van der Waals surface area contributed by atoms with Gasteiger partial charge in [-0.1, -0.05) is 26.7 Å². The minimum atomic E-state index is -2.95. The van der Waals surface area contributed by atoms with Gasteiger partial charge in [0.05, 0.1) is 16.9 Å². The van der Waals surface area contributed by atoms with Crippen LogP contribution >= 0.6 is 0 Å². The van der Waals surface area contributed by atoms with Gasteiger partial charge in [-0.2, -0.15) is 0 Å². The third-order valence-corrected chi connectivity index (χ3v) is 5.54. The number of amides is 1. The van der Waals surface area contributed by atoms with Crippen LogP contribution in [0.25, 0.3) is 0 Å². The third kappa shape index (κ3) is 3.92. The molecule has 1 aliphatic rings. The normalized spacial score (nSPS) is 19.4. The highest BCUT2D eigenvalue weighted by molar-refractivity contribution is 7.91. The summed E-state index contributed by atoms with van der Waals surface area (Å²) in [5.41, 5.74) is 5.38. The highest BCUT2D eigenvalue weighted by atomic mass is 32.2. The summed E-state index contributed by atoms with van der Waals surface area (Å²) in [5.74, 6) is 0.212. The van der Waals surface area contributed by atoms with E-state index >= 15 is 0 Å². The van der Waals surface area contributed by atoms with Crippen molar-refractivity contribution in [2.24, 2.45) is 11.1 Å². The van der Waals surface area contributed by atoms with Crippen LogP contribution in [-0.2, 0) is 14.6 Å². The minimum absolute atomic E-state index is 0.0496. The molecule has 1 aliphatic heterocycles. The van der Waals surface area contributed by atoms with Crippen LogP contribution in [0.2, 0.25) is 0 Å². The molecule has 1 saturated heterocycles. The van der Waals surface area contributed by atoms with E-state index in [0.29, 0.717) is 19.6 Å². The van der Waals surface area contributed by atoms with Gasteiger partial charge in [-0.25, -0.2) is 8.42 Å². The number of hydrogen-bond acceptors (Lipinski definition) is 4. The fourth-order valence-electron chi connectivity index (χ4n) is 2.84. The Kier molecular flexibility index (Phi) is 5.80. The van der Waals surface area contributed by atoms with E-state index in [9.17, 15) is 13.2 Å². The van der Waals surface area contributed by atoms with E-state index < -0.39 is 15.3 Å². The molecule has 112 valence electrons. The average Bonchev–Trinajstić information content (AvgIpc) is 2.37. The molecule has 0 aromatic heterocycles. The molecule has 5 nitrogen and oxygen atoms in total. The fourth-order valence-corrected chi connectivity index (χ4v) is 4.04. The zero-order valence-corrected chi connectivity index (χ0v) is 12.8. The van der Waals surface area contributed by atoms with E-state index in [0.717, 1.165) is 25.7 Å². The molecule has 0 unspecified atom stereocenters. The van der Waals surface area contributed by atoms with Gasteiger partial charge in [0.2, 0.25) is 5.91 Å². The van der Waals surface area contributed by atoms with E-state index in [2.05, 4.69) is 0 Å². The monoisotopic (exact) mass is 290 g/mol. The number of rotatable bonds is 6. The van der Waals surface area contributed by atoms with Crippen LogP contribution in [0.15, 0.2) is 0 Å². The molecule has 2 N–H and O–H groups in total. The predicted molar refractivity (Wildman–Crippen MR) is 76.5 cm³/mol. The quantitative estimate of drug-likeness (QED) is 0.784. The first-order valence-corrected chi connectivity index (χ1v) is 8.93. The summed E-state index contributed by atoms with van der Waals surface area (Å²) in [6.45, 7) is 5.07. The lowest BCUT2D eigenvalue weighted by atomic mass is 9.78. The molecular weight excluding hydrogens is 264 g/mol. The second-order valence-electron chi connectivity index (χ2n) is 5.43. The van der Waals surface area contributed by atoms with Crippen molar-refractivity contribution in [3.8, 4) is 0 Å². The Bertz CT molecular complexity index is 386. The Labute approximate surface area is 116 Å². The molecule has 1 heterocycles. The molecule has 19 heavy (non-hydrogen) atoms. The van der Waals surface area contributed by atoms with Crippen molar-refractivity contribution in [3.05, 3.63) is 0 Å². The van der Waals surface area contributed by atoms with Gasteiger partial charge in [0, 0.05) is 19.6 Å². The number of hydrogen-bond donors (Lipinski definition) is 1. The first kappa shape index (κ1) is 16.4. The molecule has 0 bridgehead atoms. The average molecular weight is 290 g/mol. The predicted octanol–water partition coefficient (Wildman–Crippen LogP) is 0.789. The van der Waals surface area contributed by atoms with Gasteiger partial charge in [-0.15, -0.1) is 0 Å². The van der Waals surface area contributed by atoms with Crippen molar-refractivity contribution in [2.45, 2.75) is 39.5 Å². The Morgan fingerprint density at radius 1 is 1.16 bits per heavy atom. The van der Waals surface area contributed by atoms with Crippen LogP contribution in [0, 0.1) is 5.41 Å². The maximum Gasteiger partial charge on any atom is 0.230 e. The maximum absolute atomic E-state index is 12.7. The third-order valence-electron chi connectivity index (χ3n) is 3.93. The molecule has 0 radical (unpaired) electrons. The summed E-state index contributed by atoms with van der Waals surface area (Å²) in [6.07, 6.45) is 3.38. The largest absolute Gasteiger partial charge is 0.340 e. The summed E-state index contributed by atoms with van der Waals surface area (Å²) in [5, 5.41) is 0. The van der Waals surface area contributed by atoms with Crippen LogP contribution in [-0.4, -0.2) is 50.4 Å². The molecular formula is C13H26N2O3S. The van der Waals surface area contributed by atoms with Crippen LogP contribution in [0.3, 0.4) is 0 Å². The Morgan fingerprint density at radius 3 is 2.00 bits per heavy atom. The van der Waals surface area contributed by atoms with Crippen LogP contribution in [0.4, 0.5) is 0 Å². The molecule has 6 heteroatoms. The van der Waals surface area contributed by atoms with Crippen molar-refractivity contribution in [3.63, 3.8) is 0 Å². The molecule has 1 fully saturated rings. The highest BCUT2D eigenvalue weighted by Gasteiger charge is 2.39. The van der Waals surface area contributed by atoms with Crippen molar-refractivity contribution in [2.75, 3.05) is 31.1 Å². The van der Waals surface area contributed by atoms with E-state index in [1.807, 2.05) is 13.8 Å². The van der Waals surface area contributed by atoms with Gasteiger partial charge in [0.25, 0.3) is 0 Å². The Balaban J connectivity index is 2.82. The van der Waals surface area contributed by atoms with Crippen LogP contribution in [0.5, 0.6) is 0 Å². The lowest BCUT2D eigenvalue weighted by molar-refractivity contribution is -0.142. The van der Waals surface area contributed by atoms with Gasteiger partial charge in [0.1, 0.15) is 0 Å². The number of carbonyl (C=O) groups is 1. The molecule has 0 saturated carbocycles. The van der Waals surface area contributed by atoms with Crippen molar-refractivity contribution < 1.29 is 13.2 Å². The van der Waals surface area contributed by atoms with E-state index in [1.54, 1.807) is 4.90 Å². The molecule has 1 amide bonds. The zero-order valence-electron chi connectivity index (χ0n) is 12.0. The van der Waals surface area contributed by atoms with Gasteiger partial charge in [-0.05, 0) is 12.8 Å². The highest BCUT2D eigenvalue weighted by Crippen LogP contribution is 2.31. The first-order valence-electron chi connectivity index (χ1n) is 7.10. The molecule has 0 atom stereocenters. The SMILES string of the molecule is CCCC(CN)(CCC)C(=O)N1CCS(=O)(=O)CC1. The lowest BCUT2D eigenvalue weighted by Crippen LogP contribution is -2.52. The van der Waals surface area contributed by atoms with E-state index in [4.69, 9.17) is 5.73 Å². The Morgan fingerprint density at radius 2 is 1.63 bits per heavy atom. The molecule has 1 rings (SSSR count). The number of sulfone groups is 1. The maximum atomic E-state index is 12.7. The fraction of sp³-hybridized carbons (Fsp3) is 0.923.